The molecule has 1 N–H and O–H groups in total. The molecule has 0 amide bonds. The topological polar surface area (TPSA) is 70.1 Å². The zero-order valence-electron chi connectivity index (χ0n) is 10.0. The van der Waals surface area contributed by atoms with E-state index in [4.69, 9.17) is 4.74 Å². The summed E-state index contributed by atoms with van der Waals surface area (Å²) in [6.07, 6.45) is 0. The quantitative estimate of drug-likeness (QED) is 0.716. The van der Waals surface area contributed by atoms with Crippen LogP contribution in [0.1, 0.15) is 13.8 Å². The lowest BCUT2D eigenvalue weighted by Crippen LogP contribution is -2.50. The zero-order chi connectivity index (χ0) is 12.4. The average Bonchev–Trinajstić information content (AvgIpc) is 2.16. The lowest BCUT2D eigenvalue weighted by atomic mass is 10.1. The first-order chi connectivity index (χ1) is 7.23. The van der Waals surface area contributed by atoms with Gasteiger partial charge in [0.1, 0.15) is 0 Å². The summed E-state index contributed by atoms with van der Waals surface area (Å²) in [6, 6.07) is 0. The van der Waals surface area contributed by atoms with Gasteiger partial charge in [0.25, 0.3) is 10.2 Å². The van der Waals surface area contributed by atoms with Crippen molar-refractivity contribution in [1.82, 2.24) is 8.61 Å². The molecule has 1 rings (SSSR count). The van der Waals surface area contributed by atoms with E-state index in [1.807, 2.05) is 0 Å². The third-order valence-corrected chi connectivity index (χ3v) is 4.23. The Kier molecular flexibility index (Phi) is 4.30. The summed E-state index contributed by atoms with van der Waals surface area (Å²) >= 11 is 0. The minimum absolute atomic E-state index is 0.0761. The summed E-state index contributed by atoms with van der Waals surface area (Å²) in [5.41, 5.74) is -1.03. The molecule has 1 heterocycles. The van der Waals surface area contributed by atoms with Crippen molar-refractivity contribution in [3.05, 3.63) is 0 Å². The number of ether oxygens (including phenoxy) is 1. The predicted octanol–water partition coefficient (Wildman–Crippen LogP) is -0.734. The van der Waals surface area contributed by atoms with E-state index < -0.39 is 15.8 Å². The molecule has 1 aliphatic rings. The maximum atomic E-state index is 12.0. The number of rotatable bonds is 4. The van der Waals surface area contributed by atoms with Gasteiger partial charge in [0.15, 0.2) is 0 Å². The van der Waals surface area contributed by atoms with Gasteiger partial charge in [0, 0.05) is 26.7 Å². The Balaban J connectivity index is 2.68. The second-order valence-corrected chi connectivity index (χ2v) is 6.62. The Bertz CT molecular complexity index is 317. The number of hydrogen-bond donors (Lipinski definition) is 1. The summed E-state index contributed by atoms with van der Waals surface area (Å²) in [6.45, 7) is 4.84. The van der Waals surface area contributed by atoms with Crippen molar-refractivity contribution < 1.29 is 18.3 Å². The largest absolute Gasteiger partial charge is 0.389 e. The van der Waals surface area contributed by atoms with Gasteiger partial charge < -0.3 is 9.84 Å². The molecule has 16 heavy (non-hydrogen) atoms. The number of nitrogens with zero attached hydrogens (tertiary/aromatic N) is 2. The molecule has 0 saturated carbocycles. The minimum atomic E-state index is -3.47. The summed E-state index contributed by atoms with van der Waals surface area (Å²) in [7, 11) is -1.99. The number of aliphatic hydroxyl groups is 1. The minimum Gasteiger partial charge on any atom is -0.389 e. The van der Waals surface area contributed by atoms with Crippen LogP contribution in [-0.2, 0) is 14.9 Å². The molecule has 0 aliphatic carbocycles. The Morgan fingerprint density at radius 1 is 1.38 bits per heavy atom. The molecule has 0 aromatic rings. The van der Waals surface area contributed by atoms with Crippen LogP contribution in [0, 0.1) is 0 Å². The third-order valence-electron chi connectivity index (χ3n) is 2.30. The highest BCUT2D eigenvalue weighted by atomic mass is 32.2. The predicted molar refractivity (Wildman–Crippen MR) is 60.2 cm³/mol. The van der Waals surface area contributed by atoms with Gasteiger partial charge in [-0.1, -0.05) is 0 Å². The van der Waals surface area contributed by atoms with Crippen LogP contribution in [-0.4, -0.2) is 67.6 Å². The third kappa shape index (κ3) is 3.67. The van der Waals surface area contributed by atoms with Crippen LogP contribution in [0.2, 0.25) is 0 Å². The first kappa shape index (κ1) is 13.9. The van der Waals surface area contributed by atoms with Crippen LogP contribution >= 0.6 is 0 Å². The fraction of sp³-hybridized carbons (Fsp3) is 1.00. The standard InChI is InChI=1S/C9H20N2O4S/c1-9(2,12)8-10(3)16(13,14)11-4-6-15-7-5-11/h12H,4-8H2,1-3H3. The van der Waals surface area contributed by atoms with E-state index in [1.54, 1.807) is 13.8 Å². The Hall–Kier alpha value is -0.210. The van der Waals surface area contributed by atoms with E-state index in [1.165, 1.54) is 15.7 Å². The first-order valence-electron chi connectivity index (χ1n) is 5.25. The molecule has 7 heteroatoms. The zero-order valence-corrected chi connectivity index (χ0v) is 10.8. The normalized spacial score (nSPS) is 20.3. The van der Waals surface area contributed by atoms with Crippen LogP contribution < -0.4 is 0 Å². The first-order valence-corrected chi connectivity index (χ1v) is 6.65. The number of likely N-dealkylation sites (N-methyl/N-ethyl adjacent to an activating group) is 1. The molecule has 0 unspecified atom stereocenters. The van der Waals surface area contributed by atoms with Gasteiger partial charge in [-0.15, -0.1) is 0 Å². The van der Waals surface area contributed by atoms with Crippen molar-refractivity contribution in [3.63, 3.8) is 0 Å². The van der Waals surface area contributed by atoms with Crippen LogP contribution in [0.15, 0.2) is 0 Å². The summed E-state index contributed by atoms with van der Waals surface area (Å²) in [4.78, 5) is 0. The molecular formula is C9H20N2O4S. The van der Waals surface area contributed by atoms with E-state index in [9.17, 15) is 13.5 Å². The van der Waals surface area contributed by atoms with Crippen LogP contribution in [0.4, 0.5) is 0 Å². The van der Waals surface area contributed by atoms with E-state index >= 15 is 0 Å². The maximum absolute atomic E-state index is 12.0. The molecule has 0 atom stereocenters. The molecule has 0 spiro atoms. The average molecular weight is 252 g/mol. The van der Waals surface area contributed by atoms with Crippen molar-refractivity contribution in [2.24, 2.45) is 0 Å². The molecule has 1 aliphatic heterocycles. The molecular weight excluding hydrogens is 232 g/mol. The van der Waals surface area contributed by atoms with Gasteiger partial charge >= 0.3 is 0 Å². The molecule has 1 fully saturated rings. The van der Waals surface area contributed by atoms with E-state index in [0.717, 1.165) is 0 Å². The van der Waals surface area contributed by atoms with Crippen LogP contribution in [0.25, 0.3) is 0 Å². The molecule has 6 nitrogen and oxygen atoms in total. The van der Waals surface area contributed by atoms with E-state index in [0.29, 0.717) is 26.3 Å². The van der Waals surface area contributed by atoms with Crippen molar-refractivity contribution in [2.75, 3.05) is 39.9 Å². The van der Waals surface area contributed by atoms with E-state index in [-0.39, 0.29) is 6.54 Å². The fourth-order valence-corrected chi connectivity index (χ4v) is 3.08. The monoisotopic (exact) mass is 252 g/mol. The molecule has 0 bridgehead atoms. The summed E-state index contributed by atoms with van der Waals surface area (Å²) in [5.74, 6) is 0. The van der Waals surface area contributed by atoms with Crippen molar-refractivity contribution in [3.8, 4) is 0 Å². The van der Waals surface area contributed by atoms with Crippen molar-refractivity contribution in [1.29, 1.82) is 0 Å². The van der Waals surface area contributed by atoms with Gasteiger partial charge in [-0.05, 0) is 13.8 Å². The Labute approximate surface area is 97.0 Å². The lowest BCUT2D eigenvalue weighted by molar-refractivity contribution is 0.0545. The Morgan fingerprint density at radius 2 is 1.88 bits per heavy atom. The highest BCUT2D eigenvalue weighted by Gasteiger charge is 2.31. The highest BCUT2D eigenvalue weighted by molar-refractivity contribution is 7.86. The summed E-state index contributed by atoms with van der Waals surface area (Å²) in [5, 5.41) is 9.60. The van der Waals surface area contributed by atoms with Gasteiger partial charge in [-0.2, -0.15) is 17.0 Å². The smallest absolute Gasteiger partial charge is 0.281 e. The molecule has 1 saturated heterocycles. The van der Waals surface area contributed by atoms with Crippen LogP contribution in [0.3, 0.4) is 0 Å². The van der Waals surface area contributed by atoms with Gasteiger partial charge in [-0.3, -0.25) is 0 Å². The molecule has 0 aromatic carbocycles. The molecule has 96 valence electrons. The van der Waals surface area contributed by atoms with Crippen molar-refractivity contribution in [2.45, 2.75) is 19.4 Å². The van der Waals surface area contributed by atoms with Crippen LogP contribution in [0.5, 0.6) is 0 Å². The lowest BCUT2D eigenvalue weighted by Gasteiger charge is -2.32. The maximum Gasteiger partial charge on any atom is 0.281 e. The van der Waals surface area contributed by atoms with E-state index in [2.05, 4.69) is 0 Å². The molecule has 0 aromatic heterocycles. The van der Waals surface area contributed by atoms with Gasteiger partial charge in [0.2, 0.25) is 0 Å². The second kappa shape index (κ2) is 4.97. The van der Waals surface area contributed by atoms with Gasteiger partial charge in [-0.25, -0.2) is 0 Å². The van der Waals surface area contributed by atoms with Crippen molar-refractivity contribution >= 4 is 10.2 Å². The van der Waals surface area contributed by atoms with Gasteiger partial charge in [0.05, 0.1) is 18.8 Å². The number of hydrogen-bond acceptors (Lipinski definition) is 4. The summed E-state index contributed by atoms with van der Waals surface area (Å²) < 4.78 is 31.8. The number of morpholine rings is 1. The second-order valence-electron chi connectivity index (χ2n) is 4.59. The highest BCUT2D eigenvalue weighted by Crippen LogP contribution is 2.12. The molecule has 0 radical (unpaired) electrons. The SMILES string of the molecule is CN(CC(C)(C)O)S(=O)(=O)N1CCOCC1. The Morgan fingerprint density at radius 3 is 2.31 bits per heavy atom. The fourth-order valence-electron chi connectivity index (χ4n) is 1.60.